The van der Waals surface area contributed by atoms with Gasteiger partial charge in [0, 0.05) is 0 Å². The minimum atomic E-state index is 0.705. The van der Waals surface area contributed by atoms with Gasteiger partial charge in [-0.05, 0) is 75.9 Å². The van der Waals surface area contributed by atoms with E-state index in [0.717, 1.165) is 12.4 Å². The molecule has 128 valence electrons. The second-order valence-electron chi connectivity index (χ2n) is 7.00. The van der Waals surface area contributed by atoms with Gasteiger partial charge in [-0.25, -0.2) is 0 Å². The van der Waals surface area contributed by atoms with Gasteiger partial charge < -0.3 is 9.64 Å². The number of hydrogen-bond acceptors (Lipinski definition) is 2. The second-order valence-corrected chi connectivity index (χ2v) is 7.00. The van der Waals surface area contributed by atoms with Crippen LogP contribution in [0.5, 0.6) is 5.75 Å². The van der Waals surface area contributed by atoms with Crippen LogP contribution >= 0.6 is 0 Å². The van der Waals surface area contributed by atoms with Gasteiger partial charge in [-0.2, -0.15) is 0 Å². The minimum absolute atomic E-state index is 0.705. The highest BCUT2D eigenvalue weighted by Crippen LogP contribution is 2.20. The summed E-state index contributed by atoms with van der Waals surface area (Å²) in [5.74, 6) is 1.71. The van der Waals surface area contributed by atoms with Crippen LogP contribution in [0.1, 0.15) is 30.4 Å². The van der Waals surface area contributed by atoms with Crippen molar-refractivity contribution in [2.75, 3.05) is 26.2 Å². The average molecular weight is 323 g/mol. The molecule has 0 saturated carbocycles. The van der Waals surface area contributed by atoms with Crippen molar-refractivity contribution in [1.29, 1.82) is 0 Å². The van der Waals surface area contributed by atoms with E-state index in [1.54, 1.807) is 0 Å². The maximum Gasteiger partial charge on any atom is 0.119 e. The molecule has 0 aromatic heterocycles. The first-order valence-corrected chi connectivity index (χ1v) is 9.25. The third-order valence-electron chi connectivity index (χ3n) is 5.00. The fourth-order valence-corrected chi connectivity index (χ4v) is 3.38. The van der Waals surface area contributed by atoms with Crippen LogP contribution in [0.2, 0.25) is 0 Å². The number of nitrogens with zero attached hydrogens (tertiary/aromatic N) is 1. The van der Waals surface area contributed by atoms with Crippen LogP contribution in [0.25, 0.3) is 0 Å². The van der Waals surface area contributed by atoms with Gasteiger partial charge in [0.1, 0.15) is 5.75 Å². The Kier molecular flexibility index (Phi) is 6.31. The van der Waals surface area contributed by atoms with E-state index in [1.807, 2.05) is 0 Å². The Morgan fingerprint density at radius 1 is 0.958 bits per heavy atom. The molecule has 0 spiro atoms. The van der Waals surface area contributed by atoms with Gasteiger partial charge in [-0.3, -0.25) is 0 Å². The molecule has 0 N–H and O–H groups in total. The van der Waals surface area contributed by atoms with Crippen molar-refractivity contribution < 1.29 is 4.74 Å². The molecule has 0 amide bonds. The molecule has 0 aliphatic carbocycles. The zero-order chi connectivity index (χ0) is 16.6. The van der Waals surface area contributed by atoms with E-state index in [4.69, 9.17) is 4.74 Å². The van der Waals surface area contributed by atoms with E-state index >= 15 is 0 Å². The topological polar surface area (TPSA) is 12.5 Å². The number of likely N-dealkylation sites (tertiary alicyclic amines) is 1. The van der Waals surface area contributed by atoms with E-state index in [-0.39, 0.29) is 0 Å². The molecule has 2 aromatic rings. The second kappa shape index (κ2) is 8.89. The summed E-state index contributed by atoms with van der Waals surface area (Å²) in [7, 11) is 0. The van der Waals surface area contributed by atoms with Crippen LogP contribution in [0.4, 0.5) is 0 Å². The first kappa shape index (κ1) is 17.0. The number of benzene rings is 2. The van der Waals surface area contributed by atoms with Crippen LogP contribution in [-0.2, 0) is 6.42 Å². The van der Waals surface area contributed by atoms with Crippen LogP contribution in [0.3, 0.4) is 0 Å². The van der Waals surface area contributed by atoms with Crippen molar-refractivity contribution in [2.24, 2.45) is 5.92 Å². The van der Waals surface area contributed by atoms with Crippen LogP contribution in [0.15, 0.2) is 54.6 Å². The number of rotatable bonds is 7. The number of piperidine rings is 1. The lowest BCUT2D eigenvalue weighted by Gasteiger charge is -2.31. The standard InChI is InChI=1S/C22H29NO/c1-19-9-11-22(12-10-19)24-18-21-13-16-23(17-14-21)15-5-8-20-6-3-2-4-7-20/h2-4,6-7,9-12,21H,5,8,13-18H2,1H3. The minimum Gasteiger partial charge on any atom is -0.493 e. The smallest absolute Gasteiger partial charge is 0.119 e. The normalized spacial score (nSPS) is 16.2. The number of ether oxygens (including phenoxy) is 1. The SMILES string of the molecule is Cc1ccc(OCC2CCN(CCCc3ccccc3)CC2)cc1. The molecule has 3 rings (SSSR count). The van der Waals surface area contributed by atoms with Crippen molar-refractivity contribution in [3.05, 3.63) is 65.7 Å². The number of hydrogen-bond donors (Lipinski definition) is 0. The lowest BCUT2D eigenvalue weighted by atomic mass is 9.97. The summed E-state index contributed by atoms with van der Waals surface area (Å²) in [6.45, 7) is 6.63. The number of aryl methyl sites for hydroxylation is 2. The van der Waals surface area contributed by atoms with Crippen LogP contribution < -0.4 is 4.74 Å². The molecule has 1 saturated heterocycles. The lowest BCUT2D eigenvalue weighted by molar-refractivity contribution is 0.140. The Morgan fingerprint density at radius 2 is 1.67 bits per heavy atom. The molecule has 0 radical (unpaired) electrons. The van der Waals surface area contributed by atoms with Crippen molar-refractivity contribution in [2.45, 2.75) is 32.6 Å². The third-order valence-corrected chi connectivity index (χ3v) is 5.00. The van der Waals surface area contributed by atoms with Crippen molar-refractivity contribution in [3.8, 4) is 5.75 Å². The van der Waals surface area contributed by atoms with E-state index in [0.29, 0.717) is 5.92 Å². The van der Waals surface area contributed by atoms with Crippen LogP contribution in [0, 0.1) is 12.8 Å². The molecule has 2 heteroatoms. The lowest BCUT2D eigenvalue weighted by Crippen LogP contribution is -2.36. The van der Waals surface area contributed by atoms with Crippen LogP contribution in [-0.4, -0.2) is 31.1 Å². The first-order chi connectivity index (χ1) is 11.8. The van der Waals surface area contributed by atoms with Gasteiger partial charge >= 0.3 is 0 Å². The van der Waals surface area contributed by atoms with Crippen molar-refractivity contribution in [1.82, 2.24) is 4.90 Å². The van der Waals surface area contributed by atoms with E-state index < -0.39 is 0 Å². The molecular formula is C22H29NO. The predicted molar refractivity (Wildman–Crippen MR) is 101 cm³/mol. The van der Waals surface area contributed by atoms with E-state index in [9.17, 15) is 0 Å². The van der Waals surface area contributed by atoms with Gasteiger partial charge in [0.15, 0.2) is 0 Å². The van der Waals surface area contributed by atoms with Gasteiger partial charge in [-0.15, -0.1) is 0 Å². The zero-order valence-electron chi connectivity index (χ0n) is 14.8. The summed E-state index contributed by atoms with van der Waals surface area (Å²) in [6, 6.07) is 19.2. The Labute approximate surface area is 146 Å². The van der Waals surface area contributed by atoms with Gasteiger partial charge in [0.2, 0.25) is 0 Å². The summed E-state index contributed by atoms with van der Waals surface area (Å²) in [6.07, 6.45) is 4.97. The Bertz CT molecular complexity index is 585. The van der Waals surface area contributed by atoms with E-state index in [2.05, 4.69) is 66.4 Å². The molecule has 2 aromatic carbocycles. The Morgan fingerprint density at radius 3 is 2.38 bits per heavy atom. The fourth-order valence-electron chi connectivity index (χ4n) is 3.38. The van der Waals surface area contributed by atoms with Crippen molar-refractivity contribution >= 4 is 0 Å². The molecular weight excluding hydrogens is 294 g/mol. The summed E-state index contributed by atoms with van der Waals surface area (Å²) < 4.78 is 5.96. The summed E-state index contributed by atoms with van der Waals surface area (Å²) in [5.41, 5.74) is 2.74. The molecule has 1 fully saturated rings. The first-order valence-electron chi connectivity index (χ1n) is 9.25. The quantitative estimate of drug-likeness (QED) is 0.731. The zero-order valence-corrected chi connectivity index (χ0v) is 14.8. The van der Waals surface area contributed by atoms with Gasteiger partial charge in [0.25, 0.3) is 0 Å². The molecule has 2 nitrogen and oxygen atoms in total. The van der Waals surface area contributed by atoms with Gasteiger partial charge in [0.05, 0.1) is 6.61 Å². The van der Waals surface area contributed by atoms with Gasteiger partial charge in [-0.1, -0.05) is 48.0 Å². The molecule has 0 unspecified atom stereocenters. The highest BCUT2D eigenvalue weighted by molar-refractivity contribution is 5.26. The molecule has 1 aliphatic rings. The molecule has 1 aliphatic heterocycles. The third kappa shape index (κ3) is 5.38. The summed E-state index contributed by atoms with van der Waals surface area (Å²) in [5, 5.41) is 0. The predicted octanol–water partition coefficient (Wildman–Crippen LogP) is 4.72. The Balaban J connectivity index is 1.31. The highest BCUT2D eigenvalue weighted by Gasteiger charge is 2.19. The molecule has 24 heavy (non-hydrogen) atoms. The molecule has 0 bridgehead atoms. The maximum absolute atomic E-state index is 5.96. The van der Waals surface area contributed by atoms with Crippen molar-refractivity contribution in [3.63, 3.8) is 0 Å². The molecule has 0 atom stereocenters. The summed E-state index contributed by atoms with van der Waals surface area (Å²) >= 11 is 0. The highest BCUT2D eigenvalue weighted by atomic mass is 16.5. The largest absolute Gasteiger partial charge is 0.493 e. The monoisotopic (exact) mass is 323 g/mol. The summed E-state index contributed by atoms with van der Waals surface area (Å²) in [4.78, 5) is 2.62. The molecule has 1 heterocycles. The maximum atomic E-state index is 5.96. The Hall–Kier alpha value is -1.80. The fraction of sp³-hybridized carbons (Fsp3) is 0.455. The van der Waals surface area contributed by atoms with E-state index in [1.165, 1.54) is 56.4 Å². The average Bonchev–Trinajstić information content (AvgIpc) is 2.63.